The van der Waals surface area contributed by atoms with Crippen LogP contribution in [0.3, 0.4) is 0 Å². The van der Waals surface area contributed by atoms with Crippen LogP contribution in [-0.2, 0) is 4.79 Å². The molecule has 0 bridgehead atoms. The summed E-state index contributed by atoms with van der Waals surface area (Å²) < 4.78 is 0. The van der Waals surface area contributed by atoms with Crippen molar-refractivity contribution >= 4 is 11.9 Å². The fourth-order valence-electron chi connectivity index (χ4n) is 2.19. The molecular formula is C15H30N4O. The highest BCUT2D eigenvalue weighted by atomic mass is 16.1. The number of carbonyl (C=O) groups is 1. The van der Waals surface area contributed by atoms with Crippen molar-refractivity contribution in [1.29, 1.82) is 0 Å². The van der Waals surface area contributed by atoms with E-state index in [0.717, 1.165) is 31.5 Å². The van der Waals surface area contributed by atoms with E-state index in [9.17, 15) is 4.79 Å². The summed E-state index contributed by atoms with van der Waals surface area (Å²) >= 11 is 0. The quantitative estimate of drug-likeness (QED) is 0.456. The molecule has 1 saturated heterocycles. The number of carbonyl (C=O) groups excluding carboxylic acids is 1. The molecule has 1 aliphatic rings. The van der Waals surface area contributed by atoms with Gasteiger partial charge in [-0.1, -0.05) is 20.8 Å². The maximum Gasteiger partial charge on any atom is 0.222 e. The number of rotatable bonds is 5. The molecule has 0 aliphatic carbocycles. The van der Waals surface area contributed by atoms with Crippen LogP contribution in [0.25, 0.3) is 0 Å². The summed E-state index contributed by atoms with van der Waals surface area (Å²) in [5.74, 6) is 1.94. The summed E-state index contributed by atoms with van der Waals surface area (Å²) in [4.78, 5) is 18.4. The average Bonchev–Trinajstić information content (AvgIpc) is 2.43. The number of aliphatic imine (C=N–C) groups is 1. The molecule has 1 rings (SSSR count). The van der Waals surface area contributed by atoms with Crippen LogP contribution in [0.5, 0.6) is 0 Å². The second-order valence-electron chi connectivity index (χ2n) is 5.85. The molecule has 5 nitrogen and oxygen atoms in total. The minimum Gasteiger partial charge on any atom is -0.357 e. The molecule has 5 heteroatoms. The zero-order valence-corrected chi connectivity index (χ0v) is 13.4. The minimum absolute atomic E-state index is 0.0378. The SMILES string of the molecule is CCNC(=NCCNC(=O)C(C)C)N1CCC(C)CC1. The van der Waals surface area contributed by atoms with Crippen LogP contribution in [0, 0.1) is 11.8 Å². The Morgan fingerprint density at radius 3 is 2.50 bits per heavy atom. The fourth-order valence-corrected chi connectivity index (χ4v) is 2.19. The first kappa shape index (κ1) is 16.8. The Kier molecular flexibility index (Phi) is 7.41. The molecule has 1 fully saturated rings. The third-order valence-corrected chi connectivity index (χ3v) is 3.62. The summed E-state index contributed by atoms with van der Waals surface area (Å²) in [6.07, 6.45) is 2.46. The van der Waals surface area contributed by atoms with Crippen molar-refractivity contribution in [3.8, 4) is 0 Å². The molecule has 0 spiro atoms. The highest BCUT2D eigenvalue weighted by Gasteiger charge is 2.18. The molecule has 0 atom stereocenters. The Bertz CT molecular complexity index is 320. The predicted octanol–water partition coefficient (Wildman–Crippen LogP) is 1.46. The third kappa shape index (κ3) is 5.80. The number of hydrogen-bond donors (Lipinski definition) is 2. The minimum atomic E-state index is 0.0378. The van der Waals surface area contributed by atoms with Crippen LogP contribution < -0.4 is 10.6 Å². The van der Waals surface area contributed by atoms with E-state index in [-0.39, 0.29) is 11.8 Å². The van der Waals surface area contributed by atoms with Gasteiger partial charge in [-0.25, -0.2) is 0 Å². The van der Waals surface area contributed by atoms with E-state index in [4.69, 9.17) is 0 Å². The van der Waals surface area contributed by atoms with Crippen LogP contribution in [0.2, 0.25) is 0 Å². The summed E-state index contributed by atoms with van der Waals surface area (Å²) in [6, 6.07) is 0. The normalized spacial score (nSPS) is 17.4. The molecule has 1 heterocycles. The van der Waals surface area contributed by atoms with Crippen LogP contribution in [0.1, 0.15) is 40.5 Å². The van der Waals surface area contributed by atoms with Crippen LogP contribution in [0.4, 0.5) is 0 Å². The maximum absolute atomic E-state index is 11.5. The van der Waals surface area contributed by atoms with E-state index < -0.39 is 0 Å². The van der Waals surface area contributed by atoms with Gasteiger partial charge in [0.25, 0.3) is 0 Å². The average molecular weight is 282 g/mol. The van der Waals surface area contributed by atoms with Gasteiger partial charge < -0.3 is 15.5 Å². The number of amides is 1. The van der Waals surface area contributed by atoms with E-state index in [1.807, 2.05) is 13.8 Å². The maximum atomic E-state index is 11.5. The van der Waals surface area contributed by atoms with Crippen molar-refractivity contribution in [2.45, 2.75) is 40.5 Å². The number of likely N-dealkylation sites (tertiary alicyclic amines) is 1. The molecule has 0 aromatic heterocycles. The number of guanidine groups is 1. The van der Waals surface area contributed by atoms with Gasteiger partial charge in [0.05, 0.1) is 6.54 Å². The second kappa shape index (κ2) is 8.82. The number of nitrogens with zero attached hydrogens (tertiary/aromatic N) is 2. The highest BCUT2D eigenvalue weighted by molar-refractivity contribution is 5.80. The Hall–Kier alpha value is -1.26. The van der Waals surface area contributed by atoms with Crippen LogP contribution in [0.15, 0.2) is 4.99 Å². The first-order valence-corrected chi connectivity index (χ1v) is 7.85. The van der Waals surface area contributed by atoms with Crippen LogP contribution in [-0.4, -0.2) is 49.5 Å². The monoisotopic (exact) mass is 282 g/mol. The number of nitrogens with one attached hydrogen (secondary N) is 2. The molecule has 2 N–H and O–H groups in total. The van der Waals surface area contributed by atoms with E-state index in [0.29, 0.717) is 13.1 Å². The first-order chi connectivity index (χ1) is 9.54. The topological polar surface area (TPSA) is 56.7 Å². The Balaban J connectivity index is 2.40. The highest BCUT2D eigenvalue weighted by Crippen LogP contribution is 2.15. The van der Waals surface area contributed by atoms with Crippen LogP contribution >= 0.6 is 0 Å². The lowest BCUT2D eigenvalue weighted by atomic mass is 10.00. The molecule has 1 amide bonds. The number of hydrogen-bond acceptors (Lipinski definition) is 2. The lowest BCUT2D eigenvalue weighted by Crippen LogP contribution is -2.45. The predicted molar refractivity (Wildman–Crippen MR) is 83.8 cm³/mol. The molecule has 116 valence electrons. The molecule has 1 aliphatic heterocycles. The molecule has 0 aromatic rings. The van der Waals surface area contributed by atoms with E-state index in [1.54, 1.807) is 0 Å². The molecule has 0 saturated carbocycles. The van der Waals surface area contributed by atoms with Gasteiger partial charge >= 0.3 is 0 Å². The molecule has 20 heavy (non-hydrogen) atoms. The smallest absolute Gasteiger partial charge is 0.222 e. The fraction of sp³-hybridized carbons (Fsp3) is 0.867. The molecule has 0 radical (unpaired) electrons. The number of piperidine rings is 1. The van der Waals surface area contributed by atoms with Crippen molar-refractivity contribution < 1.29 is 4.79 Å². The molecule has 0 aromatic carbocycles. The standard InChI is InChI=1S/C15H30N4O/c1-5-16-15(19-10-6-13(4)7-11-19)18-9-8-17-14(20)12(2)3/h12-13H,5-11H2,1-4H3,(H,16,18)(H,17,20). The second-order valence-corrected chi connectivity index (χ2v) is 5.85. The van der Waals surface area contributed by atoms with Crippen molar-refractivity contribution in [2.24, 2.45) is 16.8 Å². The summed E-state index contributed by atoms with van der Waals surface area (Å²) in [5.41, 5.74) is 0. The Morgan fingerprint density at radius 2 is 1.95 bits per heavy atom. The van der Waals surface area contributed by atoms with Gasteiger partial charge in [-0.2, -0.15) is 0 Å². The van der Waals surface area contributed by atoms with Gasteiger partial charge in [0.15, 0.2) is 5.96 Å². The summed E-state index contributed by atoms with van der Waals surface area (Å²) in [7, 11) is 0. The first-order valence-electron chi connectivity index (χ1n) is 7.85. The van der Waals surface area contributed by atoms with Gasteiger partial charge in [-0.3, -0.25) is 9.79 Å². The van der Waals surface area contributed by atoms with E-state index >= 15 is 0 Å². The summed E-state index contributed by atoms with van der Waals surface area (Å²) in [6.45, 7) is 12.5. The van der Waals surface area contributed by atoms with Gasteiger partial charge in [-0.15, -0.1) is 0 Å². The van der Waals surface area contributed by atoms with Crippen molar-refractivity contribution in [1.82, 2.24) is 15.5 Å². The van der Waals surface area contributed by atoms with Gasteiger partial charge in [0, 0.05) is 32.1 Å². The summed E-state index contributed by atoms with van der Waals surface area (Å²) in [5, 5.41) is 6.24. The molecular weight excluding hydrogens is 252 g/mol. The largest absolute Gasteiger partial charge is 0.357 e. The van der Waals surface area contributed by atoms with E-state index in [2.05, 4.69) is 34.4 Å². The Labute approximate surface area is 123 Å². The van der Waals surface area contributed by atoms with Crippen molar-refractivity contribution in [3.63, 3.8) is 0 Å². The van der Waals surface area contributed by atoms with Gasteiger partial charge in [-0.05, 0) is 25.7 Å². The zero-order chi connectivity index (χ0) is 15.0. The van der Waals surface area contributed by atoms with E-state index in [1.165, 1.54) is 12.8 Å². The molecule has 0 unspecified atom stereocenters. The van der Waals surface area contributed by atoms with Crippen molar-refractivity contribution in [2.75, 3.05) is 32.7 Å². The zero-order valence-electron chi connectivity index (χ0n) is 13.4. The Morgan fingerprint density at radius 1 is 1.30 bits per heavy atom. The van der Waals surface area contributed by atoms with Gasteiger partial charge in [0.1, 0.15) is 0 Å². The van der Waals surface area contributed by atoms with Gasteiger partial charge in [0.2, 0.25) is 5.91 Å². The lowest BCUT2D eigenvalue weighted by Gasteiger charge is -2.33. The lowest BCUT2D eigenvalue weighted by molar-refractivity contribution is -0.123. The third-order valence-electron chi connectivity index (χ3n) is 3.62. The van der Waals surface area contributed by atoms with Crippen molar-refractivity contribution in [3.05, 3.63) is 0 Å².